The van der Waals surface area contributed by atoms with E-state index in [-0.39, 0.29) is 17.1 Å². The zero-order valence-corrected chi connectivity index (χ0v) is 17.1. The number of benzene rings is 1. The van der Waals surface area contributed by atoms with Crippen molar-refractivity contribution in [3.63, 3.8) is 0 Å². The van der Waals surface area contributed by atoms with Gasteiger partial charge in [-0.2, -0.15) is 0 Å². The number of nitrogens with two attached hydrogens (primary N) is 1. The van der Waals surface area contributed by atoms with Crippen LogP contribution in [0.25, 0.3) is 0 Å². The molecule has 0 radical (unpaired) electrons. The molecule has 3 aromatic rings. The van der Waals surface area contributed by atoms with E-state index in [1.165, 1.54) is 6.07 Å². The van der Waals surface area contributed by atoms with Gasteiger partial charge in [0.2, 0.25) is 11.8 Å². The number of aromatic nitrogens is 2. The van der Waals surface area contributed by atoms with E-state index < -0.39 is 29.4 Å². The molecule has 3 heterocycles. The van der Waals surface area contributed by atoms with E-state index in [1.807, 2.05) is 12.1 Å². The van der Waals surface area contributed by atoms with Gasteiger partial charge in [0.15, 0.2) is 5.69 Å². The third kappa shape index (κ3) is 4.65. The number of amides is 2. The predicted molar refractivity (Wildman–Crippen MR) is 109 cm³/mol. The van der Waals surface area contributed by atoms with Crippen LogP contribution in [-0.4, -0.2) is 57.8 Å². The van der Waals surface area contributed by atoms with Crippen LogP contribution in [0, 0.1) is 11.6 Å². The molecule has 0 unspecified atom stereocenters. The van der Waals surface area contributed by atoms with Gasteiger partial charge in [-0.25, -0.2) is 13.8 Å². The Morgan fingerprint density at radius 1 is 1.09 bits per heavy atom. The monoisotopic (exact) mass is 441 g/mol. The smallest absolute Gasteiger partial charge is 0.270 e. The Morgan fingerprint density at radius 2 is 1.81 bits per heavy atom. The van der Waals surface area contributed by atoms with Gasteiger partial charge >= 0.3 is 0 Å². The van der Waals surface area contributed by atoms with E-state index >= 15 is 0 Å². The Hall–Kier alpha value is -3.66. The lowest BCUT2D eigenvalue weighted by Crippen LogP contribution is -2.49. The van der Waals surface area contributed by atoms with Crippen LogP contribution in [0.2, 0.25) is 0 Å². The second-order valence-corrected chi connectivity index (χ2v) is 7.49. The quantitative estimate of drug-likeness (QED) is 0.627. The van der Waals surface area contributed by atoms with E-state index in [1.54, 1.807) is 17.3 Å². The predicted octanol–water partition coefficient (Wildman–Crippen LogP) is 1.92. The maximum Gasteiger partial charge on any atom is 0.270 e. The first-order valence-electron chi connectivity index (χ1n) is 10.0. The molecule has 4 rings (SSSR count). The SMILES string of the molecule is NC(=O)c1coc([C@H](C(=O)N2CCN(Cc3ccncc3)CC2)c2ccc(F)cc2F)n1. The molecule has 1 aliphatic heterocycles. The first kappa shape index (κ1) is 21.6. The summed E-state index contributed by atoms with van der Waals surface area (Å²) in [6.07, 6.45) is 4.48. The number of halogens is 2. The fourth-order valence-electron chi connectivity index (χ4n) is 3.70. The lowest BCUT2D eigenvalue weighted by molar-refractivity contribution is -0.134. The zero-order chi connectivity index (χ0) is 22.7. The molecule has 0 bridgehead atoms. The van der Waals surface area contributed by atoms with Crippen molar-refractivity contribution in [3.05, 3.63) is 83.3 Å². The molecule has 1 aromatic carbocycles. The van der Waals surface area contributed by atoms with Gasteiger partial charge in [-0.05, 0) is 23.8 Å². The van der Waals surface area contributed by atoms with Crippen molar-refractivity contribution in [1.29, 1.82) is 0 Å². The van der Waals surface area contributed by atoms with Crippen molar-refractivity contribution < 1.29 is 22.8 Å². The molecule has 1 saturated heterocycles. The van der Waals surface area contributed by atoms with E-state index in [2.05, 4.69) is 14.9 Å². The summed E-state index contributed by atoms with van der Waals surface area (Å²) in [5.74, 6) is -4.40. The molecular formula is C22H21F2N5O3. The Bertz CT molecular complexity index is 1110. The summed E-state index contributed by atoms with van der Waals surface area (Å²) in [7, 11) is 0. The zero-order valence-electron chi connectivity index (χ0n) is 17.1. The average molecular weight is 441 g/mol. The molecule has 0 saturated carbocycles. The van der Waals surface area contributed by atoms with Crippen LogP contribution in [0.5, 0.6) is 0 Å². The maximum atomic E-state index is 14.6. The van der Waals surface area contributed by atoms with Crippen molar-refractivity contribution in [3.8, 4) is 0 Å². The number of oxazole rings is 1. The summed E-state index contributed by atoms with van der Waals surface area (Å²) in [4.78, 5) is 36.6. The number of hydrogen-bond donors (Lipinski definition) is 1. The molecule has 1 atom stereocenters. The van der Waals surface area contributed by atoms with Gasteiger partial charge in [-0.1, -0.05) is 6.07 Å². The molecule has 2 N–H and O–H groups in total. The Labute approximate surface area is 182 Å². The van der Waals surface area contributed by atoms with Gasteiger partial charge < -0.3 is 15.1 Å². The highest BCUT2D eigenvalue weighted by Gasteiger charge is 2.35. The van der Waals surface area contributed by atoms with Crippen molar-refractivity contribution in [2.45, 2.75) is 12.5 Å². The van der Waals surface area contributed by atoms with Crippen molar-refractivity contribution >= 4 is 11.8 Å². The number of hydrogen-bond acceptors (Lipinski definition) is 6. The number of carbonyl (C=O) groups excluding carboxylic acids is 2. The fourth-order valence-corrected chi connectivity index (χ4v) is 3.70. The molecule has 166 valence electrons. The lowest BCUT2D eigenvalue weighted by atomic mass is 9.96. The summed E-state index contributed by atoms with van der Waals surface area (Å²) >= 11 is 0. The van der Waals surface area contributed by atoms with Crippen LogP contribution < -0.4 is 5.73 Å². The molecular weight excluding hydrogens is 420 g/mol. The Morgan fingerprint density at radius 3 is 2.44 bits per heavy atom. The van der Waals surface area contributed by atoms with Gasteiger partial charge in [0.1, 0.15) is 23.8 Å². The second kappa shape index (κ2) is 9.23. The minimum atomic E-state index is -1.27. The van der Waals surface area contributed by atoms with Crippen LogP contribution >= 0.6 is 0 Å². The third-order valence-corrected chi connectivity index (χ3v) is 5.38. The first-order chi connectivity index (χ1) is 15.4. The molecule has 2 amide bonds. The van der Waals surface area contributed by atoms with Gasteiger partial charge in [0, 0.05) is 56.7 Å². The number of piperazine rings is 1. The van der Waals surface area contributed by atoms with E-state index in [0.29, 0.717) is 32.2 Å². The number of pyridine rings is 1. The van der Waals surface area contributed by atoms with Crippen LogP contribution in [-0.2, 0) is 11.3 Å². The molecule has 0 spiro atoms. The van der Waals surface area contributed by atoms with Crippen molar-refractivity contribution in [1.82, 2.24) is 19.8 Å². The van der Waals surface area contributed by atoms with Crippen molar-refractivity contribution in [2.75, 3.05) is 26.2 Å². The molecule has 1 aliphatic rings. The normalized spacial score (nSPS) is 15.5. The summed E-state index contributed by atoms with van der Waals surface area (Å²) in [6.45, 7) is 2.77. The number of carbonyl (C=O) groups is 2. The standard InChI is InChI=1S/C22H21F2N5O3/c23-15-1-2-16(17(24)11-15)19(21-27-18(13-32-21)20(25)30)22(31)29-9-7-28(8-10-29)12-14-3-5-26-6-4-14/h1-6,11,13,19H,7-10,12H2,(H2,25,30)/t19-/m1/s1. The van der Waals surface area contributed by atoms with Crippen LogP contribution in [0.3, 0.4) is 0 Å². The van der Waals surface area contributed by atoms with E-state index in [4.69, 9.17) is 10.2 Å². The molecule has 2 aromatic heterocycles. The van der Waals surface area contributed by atoms with Gasteiger partial charge in [-0.15, -0.1) is 0 Å². The number of rotatable bonds is 6. The van der Waals surface area contributed by atoms with Crippen molar-refractivity contribution in [2.24, 2.45) is 5.73 Å². The largest absolute Gasteiger partial charge is 0.447 e. The summed E-state index contributed by atoms with van der Waals surface area (Å²) in [5, 5.41) is 0. The van der Waals surface area contributed by atoms with E-state index in [0.717, 1.165) is 24.4 Å². The number of primary amides is 1. The summed E-state index contributed by atoms with van der Waals surface area (Å²) in [5.41, 5.74) is 6.07. The summed E-state index contributed by atoms with van der Waals surface area (Å²) in [6, 6.07) is 6.80. The average Bonchev–Trinajstić information content (AvgIpc) is 3.27. The maximum absolute atomic E-state index is 14.6. The van der Waals surface area contributed by atoms with Gasteiger partial charge in [0.25, 0.3) is 5.91 Å². The fraction of sp³-hybridized carbons (Fsp3) is 0.273. The van der Waals surface area contributed by atoms with Crippen LogP contribution in [0.4, 0.5) is 8.78 Å². The molecule has 8 nitrogen and oxygen atoms in total. The summed E-state index contributed by atoms with van der Waals surface area (Å²) < 4.78 is 33.4. The Balaban J connectivity index is 1.54. The lowest BCUT2D eigenvalue weighted by Gasteiger charge is -2.36. The Kier molecular flexibility index (Phi) is 6.22. The van der Waals surface area contributed by atoms with Crippen LogP contribution in [0.15, 0.2) is 53.4 Å². The molecule has 1 fully saturated rings. The topological polar surface area (TPSA) is 106 Å². The minimum Gasteiger partial charge on any atom is -0.447 e. The highest BCUT2D eigenvalue weighted by molar-refractivity contribution is 5.91. The minimum absolute atomic E-state index is 0.0894. The highest BCUT2D eigenvalue weighted by atomic mass is 19.1. The third-order valence-electron chi connectivity index (χ3n) is 5.38. The first-order valence-corrected chi connectivity index (χ1v) is 10.0. The van der Waals surface area contributed by atoms with Crippen LogP contribution in [0.1, 0.15) is 33.4 Å². The highest BCUT2D eigenvalue weighted by Crippen LogP contribution is 2.29. The number of nitrogens with zero attached hydrogens (tertiary/aromatic N) is 4. The molecule has 10 heteroatoms. The second-order valence-electron chi connectivity index (χ2n) is 7.49. The van der Waals surface area contributed by atoms with Gasteiger partial charge in [-0.3, -0.25) is 19.5 Å². The molecule has 32 heavy (non-hydrogen) atoms. The molecule has 0 aliphatic carbocycles. The van der Waals surface area contributed by atoms with E-state index in [9.17, 15) is 18.4 Å². The van der Waals surface area contributed by atoms with Gasteiger partial charge in [0.05, 0.1) is 0 Å².